The minimum atomic E-state index is -5.08. The quantitative estimate of drug-likeness (QED) is 0.548. The zero-order chi connectivity index (χ0) is 24.2. The van der Waals surface area contributed by atoms with Crippen molar-refractivity contribution in [3.8, 4) is 17.0 Å². The van der Waals surface area contributed by atoms with Gasteiger partial charge in [-0.15, -0.1) is 0 Å². The van der Waals surface area contributed by atoms with Gasteiger partial charge in [0.05, 0.1) is 18.9 Å². The predicted octanol–water partition coefficient (Wildman–Crippen LogP) is 2.19. The number of aromatic nitrogens is 2. The topological polar surface area (TPSA) is 111 Å². The maximum atomic E-state index is 10.6. The van der Waals surface area contributed by atoms with Gasteiger partial charge in [-0.05, 0) is 30.8 Å². The van der Waals surface area contributed by atoms with E-state index < -0.39 is 12.1 Å². The van der Waals surface area contributed by atoms with Gasteiger partial charge < -0.3 is 30.1 Å². The second kappa shape index (κ2) is 10.2. The standard InChI is InChI=1S/C18H21N5O2S.C2HF3O2/c1-19-18(26)23-6-5-14-15(12-3-2-4-13(24)11-12)20-17(21-16(14)23)22-7-9-25-10-8-22;3-2(4,5)1(6)7/h2-4,11,24H,5-10H2,1H3,(H,19,26);(H,6,7). The third-order valence-corrected chi connectivity index (χ3v) is 5.35. The molecule has 4 rings (SSSR count). The Morgan fingerprint density at radius 2 is 1.88 bits per heavy atom. The number of anilines is 2. The number of nitrogens with zero attached hydrogens (tertiary/aromatic N) is 4. The third kappa shape index (κ3) is 5.79. The highest BCUT2D eigenvalue weighted by atomic mass is 32.1. The van der Waals surface area contributed by atoms with Crippen molar-refractivity contribution in [2.24, 2.45) is 0 Å². The fourth-order valence-corrected chi connectivity index (χ4v) is 3.55. The maximum Gasteiger partial charge on any atom is 0.490 e. The molecule has 0 atom stereocenters. The van der Waals surface area contributed by atoms with Gasteiger partial charge in [-0.2, -0.15) is 18.2 Å². The van der Waals surface area contributed by atoms with E-state index in [0.29, 0.717) is 24.3 Å². The van der Waals surface area contributed by atoms with E-state index in [0.717, 1.165) is 48.7 Å². The number of aliphatic carboxylic acids is 1. The molecule has 2 aliphatic rings. The number of hydrogen-bond acceptors (Lipinski definition) is 7. The number of hydrogen-bond donors (Lipinski definition) is 3. The number of phenols is 1. The van der Waals surface area contributed by atoms with Gasteiger partial charge in [0.25, 0.3) is 0 Å². The van der Waals surface area contributed by atoms with Crippen LogP contribution in [0, 0.1) is 0 Å². The van der Waals surface area contributed by atoms with Crippen LogP contribution in [0.4, 0.5) is 24.9 Å². The second-order valence-electron chi connectivity index (χ2n) is 7.08. The van der Waals surface area contributed by atoms with Crippen LogP contribution in [0.3, 0.4) is 0 Å². The zero-order valence-corrected chi connectivity index (χ0v) is 18.4. The average Bonchev–Trinajstić information content (AvgIpc) is 3.22. The summed E-state index contributed by atoms with van der Waals surface area (Å²) in [5.41, 5.74) is 2.80. The molecular formula is C20H22F3N5O4S. The first kappa shape index (κ1) is 24.5. The van der Waals surface area contributed by atoms with E-state index >= 15 is 0 Å². The van der Waals surface area contributed by atoms with E-state index in [-0.39, 0.29) is 5.75 Å². The molecule has 0 radical (unpaired) electrons. The Morgan fingerprint density at radius 3 is 2.45 bits per heavy atom. The molecular weight excluding hydrogens is 463 g/mol. The molecule has 0 bridgehead atoms. The number of carboxylic acid groups (broad SMARTS) is 1. The van der Waals surface area contributed by atoms with Crippen LogP contribution >= 0.6 is 12.2 Å². The summed E-state index contributed by atoms with van der Waals surface area (Å²) in [7, 11) is 1.82. The van der Waals surface area contributed by atoms with Crippen molar-refractivity contribution in [1.29, 1.82) is 0 Å². The lowest BCUT2D eigenvalue weighted by Gasteiger charge is -2.28. The Labute approximate surface area is 192 Å². The first-order valence-corrected chi connectivity index (χ1v) is 10.3. The number of rotatable bonds is 2. The molecule has 33 heavy (non-hydrogen) atoms. The minimum Gasteiger partial charge on any atom is -0.508 e. The number of phenolic OH excluding ortho intramolecular Hbond substituents is 1. The fraction of sp³-hybridized carbons (Fsp3) is 0.400. The summed E-state index contributed by atoms with van der Waals surface area (Å²) in [6.07, 6.45) is -4.27. The number of ether oxygens (including phenoxy) is 1. The van der Waals surface area contributed by atoms with E-state index in [1.54, 1.807) is 12.1 Å². The smallest absolute Gasteiger partial charge is 0.490 e. The SMILES string of the molecule is CNC(=S)N1CCc2c(-c3cccc(O)c3)nc(N3CCOCC3)nc21.O=C(O)C(F)(F)F. The number of halogens is 3. The molecule has 2 aromatic rings. The van der Waals surface area contributed by atoms with Gasteiger partial charge >= 0.3 is 12.1 Å². The monoisotopic (exact) mass is 485 g/mol. The molecule has 0 aliphatic carbocycles. The summed E-state index contributed by atoms with van der Waals surface area (Å²) in [6.45, 7) is 3.62. The molecule has 0 spiro atoms. The fourth-order valence-electron chi connectivity index (χ4n) is 3.37. The van der Waals surface area contributed by atoms with Crippen LogP contribution in [-0.2, 0) is 16.0 Å². The van der Waals surface area contributed by atoms with Crippen molar-refractivity contribution in [3.63, 3.8) is 0 Å². The summed E-state index contributed by atoms with van der Waals surface area (Å²) < 4.78 is 37.2. The Hall–Kier alpha value is -3.19. The number of fused-ring (bicyclic) bond motifs is 1. The molecule has 9 nitrogen and oxygen atoms in total. The summed E-state index contributed by atoms with van der Waals surface area (Å²) >= 11 is 5.45. The van der Waals surface area contributed by atoms with Crippen LogP contribution in [0.2, 0.25) is 0 Å². The van der Waals surface area contributed by atoms with E-state index in [2.05, 4.69) is 10.2 Å². The number of carbonyl (C=O) groups is 1. The van der Waals surface area contributed by atoms with Gasteiger partial charge in [-0.1, -0.05) is 12.1 Å². The highest BCUT2D eigenvalue weighted by molar-refractivity contribution is 7.80. The lowest BCUT2D eigenvalue weighted by Crippen LogP contribution is -2.39. The number of benzene rings is 1. The Morgan fingerprint density at radius 1 is 1.21 bits per heavy atom. The van der Waals surface area contributed by atoms with Crippen LogP contribution in [-0.4, -0.2) is 77.3 Å². The summed E-state index contributed by atoms with van der Waals surface area (Å²) in [5.74, 6) is -1.01. The molecule has 3 heterocycles. The van der Waals surface area contributed by atoms with Crippen molar-refractivity contribution in [3.05, 3.63) is 29.8 Å². The molecule has 178 valence electrons. The normalized spacial score (nSPS) is 15.4. The molecule has 1 aromatic carbocycles. The zero-order valence-electron chi connectivity index (χ0n) is 17.6. The average molecular weight is 485 g/mol. The van der Waals surface area contributed by atoms with Crippen molar-refractivity contribution >= 4 is 35.1 Å². The van der Waals surface area contributed by atoms with Crippen LogP contribution in [0.5, 0.6) is 5.75 Å². The van der Waals surface area contributed by atoms with Gasteiger partial charge in [-0.25, -0.2) is 9.78 Å². The Kier molecular flexibility index (Phi) is 7.53. The van der Waals surface area contributed by atoms with Gasteiger partial charge in [0, 0.05) is 37.8 Å². The lowest BCUT2D eigenvalue weighted by molar-refractivity contribution is -0.192. The van der Waals surface area contributed by atoms with Crippen molar-refractivity contribution in [2.45, 2.75) is 12.6 Å². The Balaban J connectivity index is 0.000000383. The molecule has 0 saturated carbocycles. The lowest BCUT2D eigenvalue weighted by atomic mass is 10.1. The number of thiocarbonyl (C=S) groups is 1. The first-order valence-electron chi connectivity index (χ1n) is 9.94. The van der Waals surface area contributed by atoms with Crippen LogP contribution in [0.25, 0.3) is 11.3 Å². The van der Waals surface area contributed by atoms with Crippen molar-refractivity contribution < 1.29 is 32.9 Å². The predicted molar refractivity (Wildman–Crippen MR) is 119 cm³/mol. The molecule has 0 amide bonds. The maximum absolute atomic E-state index is 10.6. The van der Waals surface area contributed by atoms with E-state index in [4.69, 9.17) is 36.8 Å². The van der Waals surface area contributed by atoms with E-state index in [1.165, 1.54) is 0 Å². The molecule has 0 unspecified atom stereocenters. The molecule has 13 heteroatoms. The van der Waals surface area contributed by atoms with E-state index in [9.17, 15) is 18.3 Å². The summed E-state index contributed by atoms with van der Waals surface area (Å²) in [5, 5.41) is 20.7. The summed E-state index contributed by atoms with van der Waals surface area (Å²) in [4.78, 5) is 22.7. The van der Waals surface area contributed by atoms with Crippen LogP contribution in [0.15, 0.2) is 24.3 Å². The molecule has 1 aromatic heterocycles. The number of morpholine rings is 1. The highest BCUT2D eigenvalue weighted by Gasteiger charge is 2.38. The van der Waals surface area contributed by atoms with Gasteiger partial charge in [0.2, 0.25) is 5.95 Å². The molecule has 1 saturated heterocycles. The Bertz CT molecular complexity index is 1030. The van der Waals surface area contributed by atoms with Gasteiger partial charge in [-0.3, -0.25) is 0 Å². The van der Waals surface area contributed by atoms with Crippen LogP contribution < -0.4 is 15.1 Å². The first-order chi connectivity index (χ1) is 15.6. The van der Waals surface area contributed by atoms with Crippen LogP contribution in [0.1, 0.15) is 5.56 Å². The van der Waals surface area contributed by atoms with Gasteiger partial charge in [0.15, 0.2) is 5.11 Å². The minimum absolute atomic E-state index is 0.225. The third-order valence-electron chi connectivity index (χ3n) is 4.93. The largest absolute Gasteiger partial charge is 0.508 e. The molecule has 3 N–H and O–H groups in total. The number of alkyl halides is 3. The van der Waals surface area contributed by atoms with Gasteiger partial charge in [0.1, 0.15) is 11.6 Å². The summed E-state index contributed by atoms with van der Waals surface area (Å²) in [6, 6.07) is 7.20. The number of aromatic hydroxyl groups is 1. The second-order valence-corrected chi connectivity index (χ2v) is 7.47. The van der Waals surface area contributed by atoms with Crippen molar-refractivity contribution in [1.82, 2.24) is 15.3 Å². The highest BCUT2D eigenvalue weighted by Crippen LogP contribution is 2.36. The number of nitrogens with one attached hydrogen (secondary N) is 1. The van der Waals surface area contributed by atoms with Crippen molar-refractivity contribution in [2.75, 3.05) is 49.7 Å². The number of carboxylic acids is 1. The molecule has 1 fully saturated rings. The molecule has 2 aliphatic heterocycles. The van der Waals surface area contributed by atoms with E-state index in [1.807, 2.05) is 24.1 Å².